The Morgan fingerprint density at radius 1 is 1.31 bits per heavy atom. The highest BCUT2D eigenvalue weighted by Crippen LogP contribution is 2.14. The van der Waals surface area contributed by atoms with Crippen LogP contribution in [0.25, 0.3) is 11.5 Å². The third-order valence-electron chi connectivity index (χ3n) is 2.14. The van der Waals surface area contributed by atoms with Crippen molar-refractivity contribution in [3.63, 3.8) is 0 Å². The van der Waals surface area contributed by atoms with Crippen molar-refractivity contribution in [2.24, 2.45) is 0 Å². The molecule has 0 aliphatic heterocycles. The molecule has 0 atom stereocenters. The molecule has 3 aromatic rings. The van der Waals surface area contributed by atoms with Crippen LogP contribution in [0.5, 0.6) is 0 Å². The fraction of sp³-hybridized carbons (Fsp3) is 0. The first-order chi connectivity index (χ1) is 7.74. The normalized spacial score (nSPS) is 11.1. The second-order valence-electron chi connectivity index (χ2n) is 3.25. The number of anilines is 1. The minimum atomic E-state index is 0.436. The lowest BCUT2D eigenvalue weighted by Gasteiger charge is -2.03. The lowest BCUT2D eigenvalue weighted by molar-refractivity contribution is 0.844. The smallest absolute Gasteiger partial charge is 0.199 e. The zero-order valence-electron chi connectivity index (χ0n) is 8.08. The van der Waals surface area contributed by atoms with Crippen molar-refractivity contribution in [3.8, 4) is 5.82 Å². The number of halogens is 1. The number of hydrogen-bond acceptors (Lipinski definition) is 4. The van der Waals surface area contributed by atoms with Crippen LogP contribution >= 0.6 is 22.6 Å². The summed E-state index contributed by atoms with van der Waals surface area (Å²) in [5.41, 5.74) is 6.46. The molecule has 16 heavy (non-hydrogen) atoms. The van der Waals surface area contributed by atoms with Gasteiger partial charge >= 0.3 is 0 Å². The molecule has 0 unspecified atom stereocenters. The van der Waals surface area contributed by atoms with Crippen molar-refractivity contribution < 1.29 is 0 Å². The average molecular weight is 326 g/mol. The van der Waals surface area contributed by atoms with E-state index in [0.29, 0.717) is 11.6 Å². The van der Waals surface area contributed by atoms with Gasteiger partial charge in [0.15, 0.2) is 11.5 Å². The van der Waals surface area contributed by atoms with Gasteiger partial charge in [-0.2, -0.15) is 5.10 Å². The van der Waals surface area contributed by atoms with Crippen LogP contribution in [-0.2, 0) is 0 Å². The Kier molecular flexibility index (Phi) is 2.06. The van der Waals surface area contributed by atoms with Crippen LogP contribution in [0.2, 0.25) is 0 Å². The number of imidazole rings is 1. The van der Waals surface area contributed by atoms with Gasteiger partial charge in [0.1, 0.15) is 5.82 Å². The highest BCUT2D eigenvalue weighted by Gasteiger charge is 2.09. The first-order valence-electron chi connectivity index (χ1n) is 4.54. The van der Waals surface area contributed by atoms with Gasteiger partial charge in [0.05, 0.1) is 16.0 Å². The van der Waals surface area contributed by atoms with Gasteiger partial charge in [-0.05, 0) is 22.6 Å². The molecule has 3 aromatic heterocycles. The Hall–Kier alpha value is -1.64. The molecule has 0 saturated heterocycles. The fourth-order valence-electron chi connectivity index (χ4n) is 1.50. The van der Waals surface area contributed by atoms with Crippen molar-refractivity contribution in [3.05, 3.63) is 34.6 Å². The molecule has 3 rings (SSSR count). The van der Waals surface area contributed by atoms with Crippen LogP contribution in [0.1, 0.15) is 0 Å². The van der Waals surface area contributed by atoms with E-state index in [1.165, 1.54) is 0 Å². The van der Waals surface area contributed by atoms with Crippen LogP contribution in [0.3, 0.4) is 0 Å². The van der Waals surface area contributed by atoms with Crippen LogP contribution in [0.15, 0.2) is 31.0 Å². The Balaban J connectivity index is 2.33. The van der Waals surface area contributed by atoms with Crippen molar-refractivity contribution >= 4 is 34.1 Å². The van der Waals surface area contributed by atoms with Crippen molar-refractivity contribution in [1.82, 2.24) is 24.1 Å². The molecule has 3 heterocycles. The van der Waals surface area contributed by atoms with Crippen LogP contribution in [0.4, 0.5) is 5.82 Å². The SMILES string of the molecule is Nc1cn2ccnc2c(-n2cc(I)cn2)n1. The Bertz CT molecular complexity index is 655. The maximum atomic E-state index is 5.73. The lowest BCUT2D eigenvalue weighted by Crippen LogP contribution is -2.05. The third-order valence-corrected chi connectivity index (χ3v) is 2.70. The van der Waals surface area contributed by atoms with Gasteiger partial charge in [-0.25, -0.2) is 14.6 Å². The Labute approximate surface area is 104 Å². The first-order valence-corrected chi connectivity index (χ1v) is 5.61. The maximum absolute atomic E-state index is 5.73. The van der Waals surface area contributed by atoms with Crippen LogP contribution in [0, 0.1) is 3.57 Å². The Morgan fingerprint density at radius 3 is 2.94 bits per heavy atom. The summed E-state index contributed by atoms with van der Waals surface area (Å²) < 4.78 is 4.53. The second kappa shape index (κ2) is 3.44. The van der Waals surface area contributed by atoms with E-state index in [9.17, 15) is 0 Å². The van der Waals surface area contributed by atoms with E-state index < -0.39 is 0 Å². The molecule has 6 nitrogen and oxygen atoms in total. The summed E-state index contributed by atoms with van der Waals surface area (Å²) in [5, 5.41) is 4.19. The average Bonchev–Trinajstić information content (AvgIpc) is 2.84. The monoisotopic (exact) mass is 326 g/mol. The number of nitrogen functional groups attached to an aromatic ring is 1. The predicted octanol–water partition coefficient (Wildman–Crippen LogP) is 1.10. The van der Waals surface area contributed by atoms with Gasteiger partial charge in [-0.3, -0.25) is 0 Å². The standard InChI is InChI=1S/C9H7IN6/c10-6-3-13-16(4-6)9-8-12-1-2-15(8)5-7(11)14-9/h1-5H,11H2. The van der Waals surface area contributed by atoms with Gasteiger partial charge in [0, 0.05) is 18.6 Å². The summed E-state index contributed by atoms with van der Waals surface area (Å²) in [6, 6.07) is 0. The van der Waals surface area contributed by atoms with Gasteiger partial charge in [0.2, 0.25) is 0 Å². The molecular formula is C9H7IN6. The first kappa shape index (κ1) is 9.58. The zero-order chi connectivity index (χ0) is 11.1. The highest BCUT2D eigenvalue weighted by atomic mass is 127. The summed E-state index contributed by atoms with van der Waals surface area (Å²) in [7, 11) is 0. The van der Waals surface area contributed by atoms with Crippen LogP contribution < -0.4 is 5.73 Å². The zero-order valence-corrected chi connectivity index (χ0v) is 10.2. The molecular weight excluding hydrogens is 319 g/mol. The quantitative estimate of drug-likeness (QED) is 0.680. The Morgan fingerprint density at radius 2 is 2.19 bits per heavy atom. The number of hydrogen-bond donors (Lipinski definition) is 1. The van der Waals surface area contributed by atoms with Gasteiger partial charge < -0.3 is 10.1 Å². The molecule has 0 aliphatic rings. The summed E-state index contributed by atoms with van der Waals surface area (Å²) in [5.74, 6) is 1.07. The van der Waals surface area contributed by atoms with Crippen molar-refractivity contribution in [1.29, 1.82) is 0 Å². The highest BCUT2D eigenvalue weighted by molar-refractivity contribution is 14.1. The molecule has 0 aliphatic carbocycles. The number of aromatic nitrogens is 5. The van der Waals surface area contributed by atoms with E-state index in [4.69, 9.17) is 5.73 Å². The fourth-order valence-corrected chi connectivity index (χ4v) is 1.89. The molecule has 0 amide bonds. The lowest BCUT2D eigenvalue weighted by atomic mass is 10.5. The van der Waals surface area contributed by atoms with E-state index in [1.54, 1.807) is 23.3 Å². The summed E-state index contributed by atoms with van der Waals surface area (Å²) in [6.07, 6.45) is 8.88. The maximum Gasteiger partial charge on any atom is 0.199 e. The second-order valence-corrected chi connectivity index (χ2v) is 4.50. The van der Waals surface area contributed by atoms with Crippen LogP contribution in [-0.4, -0.2) is 24.1 Å². The molecule has 7 heteroatoms. The number of fused-ring (bicyclic) bond motifs is 1. The number of nitrogens with zero attached hydrogens (tertiary/aromatic N) is 5. The third kappa shape index (κ3) is 1.43. The molecule has 0 radical (unpaired) electrons. The van der Waals surface area contributed by atoms with Gasteiger partial charge in [-0.15, -0.1) is 0 Å². The van der Waals surface area contributed by atoms with Gasteiger partial charge in [-0.1, -0.05) is 0 Å². The topological polar surface area (TPSA) is 74.0 Å². The largest absolute Gasteiger partial charge is 0.382 e. The van der Waals surface area contributed by atoms with Gasteiger partial charge in [0.25, 0.3) is 0 Å². The summed E-state index contributed by atoms with van der Waals surface area (Å²) in [6.45, 7) is 0. The minimum Gasteiger partial charge on any atom is -0.382 e. The van der Waals surface area contributed by atoms with Crippen molar-refractivity contribution in [2.75, 3.05) is 5.73 Å². The van der Waals surface area contributed by atoms with E-state index in [1.807, 2.05) is 16.8 Å². The minimum absolute atomic E-state index is 0.436. The number of nitrogens with two attached hydrogens (primary N) is 1. The molecule has 2 N–H and O–H groups in total. The molecule has 80 valence electrons. The van der Waals surface area contributed by atoms with E-state index in [2.05, 4.69) is 37.7 Å². The molecule has 0 saturated carbocycles. The predicted molar refractivity (Wildman–Crippen MR) is 67.2 cm³/mol. The number of rotatable bonds is 1. The van der Waals surface area contributed by atoms with E-state index in [0.717, 1.165) is 9.22 Å². The summed E-state index contributed by atoms with van der Waals surface area (Å²) in [4.78, 5) is 8.48. The van der Waals surface area contributed by atoms with Crippen molar-refractivity contribution in [2.45, 2.75) is 0 Å². The van der Waals surface area contributed by atoms with E-state index >= 15 is 0 Å². The molecule has 0 bridgehead atoms. The van der Waals surface area contributed by atoms with E-state index in [-0.39, 0.29) is 0 Å². The molecule has 0 fully saturated rings. The molecule has 0 spiro atoms. The molecule has 0 aromatic carbocycles. The summed E-state index contributed by atoms with van der Waals surface area (Å²) >= 11 is 2.19.